The lowest BCUT2D eigenvalue weighted by Gasteiger charge is -2.05. The van der Waals surface area contributed by atoms with Crippen LogP contribution < -0.4 is 19.6 Å². The number of carbonyl (C=O) groups is 1. The number of carbonyl (C=O) groups excluding carboxylic acids is 1. The summed E-state index contributed by atoms with van der Waals surface area (Å²) < 4.78 is 16.3. The second kappa shape index (κ2) is 6.70. The Morgan fingerprint density at radius 2 is 2.09 bits per heavy atom. The largest absolute Gasteiger partial charge is 0.496 e. The van der Waals surface area contributed by atoms with Crippen molar-refractivity contribution >= 4 is 28.1 Å². The molecule has 0 saturated carbocycles. The molecule has 2 aromatic rings. The van der Waals surface area contributed by atoms with Gasteiger partial charge in [-0.3, -0.25) is 4.79 Å². The first-order valence-corrected chi connectivity index (χ1v) is 7.53. The fourth-order valence-corrected chi connectivity index (χ4v) is 2.57. The van der Waals surface area contributed by atoms with E-state index >= 15 is 0 Å². The van der Waals surface area contributed by atoms with Gasteiger partial charge in [-0.1, -0.05) is 0 Å². The number of nitrogens with one attached hydrogen (secondary N) is 1. The van der Waals surface area contributed by atoms with Gasteiger partial charge in [0.15, 0.2) is 11.5 Å². The predicted octanol–water partition coefficient (Wildman–Crippen LogP) is 2.95. The fraction of sp³-hybridized carbons (Fsp3) is 0.125. The van der Waals surface area contributed by atoms with Gasteiger partial charge in [0.1, 0.15) is 5.75 Å². The summed E-state index contributed by atoms with van der Waals surface area (Å²) in [6.45, 7) is 0.221. The number of amides is 1. The molecule has 1 N–H and O–H groups in total. The van der Waals surface area contributed by atoms with E-state index in [1.165, 1.54) is 0 Å². The smallest absolute Gasteiger partial charge is 0.271 e. The maximum Gasteiger partial charge on any atom is 0.271 e. The molecule has 23 heavy (non-hydrogen) atoms. The molecular weight excluding hydrogens is 364 g/mol. The second-order valence-corrected chi connectivity index (χ2v) is 5.52. The molecule has 0 aliphatic carbocycles. The van der Waals surface area contributed by atoms with Gasteiger partial charge < -0.3 is 14.2 Å². The van der Waals surface area contributed by atoms with Gasteiger partial charge in [0.2, 0.25) is 6.79 Å². The summed E-state index contributed by atoms with van der Waals surface area (Å²) >= 11 is 3.34. The number of benzene rings is 2. The Kier molecular flexibility index (Phi) is 4.47. The average Bonchev–Trinajstić information content (AvgIpc) is 3.02. The number of nitrogens with zero attached hydrogens (tertiary/aromatic N) is 1. The zero-order chi connectivity index (χ0) is 16.2. The molecule has 0 spiro atoms. The molecule has 1 aliphatic rings. The van der Waals surface area contributed by atoms with Gasteiger partial charge in [-0.15, -0.1) is 0 Å². The Balaban J connectivity index is 1.65. The normalized spacial score (nSPS) is 12.4. The monoisotopic (exact) mass is 376 g/mol. The molecule has 0 fully saturated rings. The Hall–Kier alpha value is -2.54. The van der Waals surface area contributed by atoms with Crippen LogP contribution in [0.5, 0.6) is 17.2 Å². The van der Waals surface area contributed by atoms with Crippen molar-refractivity contribution in [1.82, 2.24) is 5.43 Å². The second-order valence-electron chi connectivity index (χ2n) is 4.66. The molecule has 1 amide bonds. The highest BCUT2D eigenvalue weighted by molar-refractivity contribution is 9.10. The minimum Gasteiger partial charge on any atom is -0.496 e. The minimum atomic E-state index is -0.314. The number of methoxy groups -OCH3 is 1. The number of hydrogen-bond acceptors (Lipinski definition) is 5. The third kappa shape index (κ3) is 3.45. The Bertz CT molecular complexity index is 777. The summed E-state index contributed by atoms with van der Waals surface area (Å²) in [6, 6.07) is 10.5. The van der Waals surface area contributed by atoms with Crippen molar-refractivity contribution in [2.45, 2.75) is 0 Å². The summed E-state index contributed by atoms with van der Waals surface area (Å²) in [4.78, 5) is 12.0. The molecule has 0 aromatic heterocycles. The van der Waals surface area contributed by atoms with Crippen molar-refractivity contribution in [3.63, 3.8) is 0 Å². The van der Waals surface area contributed by atoms with E-state index < -0.39 is 0 Å². The fourth-order valence-electron chi connectivity index (χ4n) is 2.03. The van der Waals surface area contributed by atoms with Crippen LogP contribution in [0.25, 0.3) is 0 Å². The summed E-state index contributed by atoms with van der Waals surface area (Å²) in [5.41, 5.74) is 3.75. The van der Waals surface area contributed by atoms with Gasteiger partial charge in [0, 0.05) is 5.56 Å². The van der Waals surface area contributed by atoms with Gasteiger partial charge in [-0.05, 0) is 57.9 Å². The molecule has 0 unspecified atom stereocenters. The summed E-state index contributed by atoms with van der Waals surface area (Å²) in [5.74, 6) is 1.71. The van der Waals surface area contributed by atoms with E-state index in [1.807, 2.05) is 6.07 Å². The molecule has 7 heteroatoms. The topological polar surface area (TPSA) is 69.2 Å². The Morgan fingerprint density at radius 3 is 2.87 bits per heavy atom. The van der Waals surface area contributed by atoms with Gasteiger partial charge in [0.05, 0.1) is 17.8 Å². The zero-order valence-corrected chi connectivity index (χ0v) is 13.8. The lowest BCUT2D eigenvalue weighted by atomic mass is 10.2. The van der Waals surface area contributed by atoms with Gasteiger partial charge >= 0.3 is 0 Å². The van der Waals surface area contributed by atoms with Gasteiger partial charge in [-0.2, -0.15) is 5.10 Å². The van der Waals surface area contributed by atoms with E-state index in [0.29, 0.717) is 27.3 Å². The van der Waals surface area contributed by atoms with Crippen LogP contribution in [0.3, 0.4) is 0 Å². The molecule has 2 aromatic carbocycles. The van der Waals surface area contributed by atoms with E-state index in [-0.39, 0.29) is 12.7 Å². The molecule has 0 atom stereocenters. The van der Waals surface area contributed by atoms with Crippen molar-refractivity contribution in [2.75, 3.05) is 13.9 Å². The van der Waals surface area contributed by atoms with Crippen LogP contribution in [-0.2, 0) is 0 Å². The van der Waals surface area contributed by atoms with Crippen LogP contribution in [0.1, 0.15) is 15.9 Å². The highest BCUT2D eigenvalue weighted by Gasteiger charge is 2.12. The van der Waals surface area contributed by atoms with Crippen LogP contribution in [0, 0.1) is 0 Å². The molecule has 0 bridgehead atoms. The van der Waals surface area contributed by atoms with E-state index in [1.54, 1.807) is 43.7 Å². The summed E-state index contributed by atoms with van der Waals surface area (Å²) in [6.07, 6.45) is 1.54. The zero-order valence-electron chi connectivity index (χ0n) is 12.2. The first kappa shape index (κ1) is 15.4. The molecule has 118 valence electrons. The number of hydrogen-bond donors (Lipinski definition) is 1. The third-order valence-electron chi connectivity index (χ3n) is 3.19. The Morgan fingerprint density at radius 1 is 1.26 bits per heavy atom. The highest BCUT2D eigenvalue weighted by Crippen LogP contribution is 2.32. The molecule has 1 heterocycles. The molecule has 3 rings (SSSR count). The van der Waals surface area contributed by atoms with Crippen LogP contribution in [-0.4, -0.2) is 26.0 Å². The standard InChI is InChI=1S/C16H13BrN2O4/c1-21-13-5-3-11(7-12(13)17)16(20)19-18-8-10-2-4-14-15(6-10)23-9-22-14/h2-8H,9H2,1H3,(H,19,20). The van der Waals surface area contributed by atoms with Crippen molar-refractivity contribution in [3.05, 3.63) is 52.0 Å². The maximum atomic E-state index is 12.0. The predicted molar refractivity (Wildman–Crippen MR) is 88.3 cm³/mol. The van der Waals surface area contributed by atoms with E-state index in [4.69, 9.17) is 14.2 Å². The quantitative estimate of drug-likeness (QED) is 0.657. The van der Waals surface area contributed by atoms with Crippen LogP contribution >= 0.6 is 15.9 Å². The third-order valence-corrected chi connectivity index (χ3v) is 3.81. The first-order chi connectivity index (χ1) is 11.2. The number of ether oxygens (including phenoxy) is 3. The average molecular weight is 377 g/mol. The van der Waals surface area contributed by atoms with Crippen molar-refractivity contribution < 1.29 is 19.0 Å². The SMILES string of the molecule is COc1ccc(C(=O)NN=Cc2ccc3c(c2)OCO3)cc1Br. The number of fused-ring (bicyclic) bond motifs is 1. The van der Waals surface area contributed by atoms with Gasteiger partial charge in [-0.25, -0.2) is 5.43 Å². The van der Waals surface area contributed by atoms with E-state index in [0.717, 1.165) is 5.56 Å². The summed E-state index contributed by atoms with van der Waals surface area (Å²) in [5, 5.41) is 3.95. The van der Waals surface area contributed by atoms with Crippen LogP contribution in [0.15, 0.2) is 46.0 Å². The molecule has 6 nitrogen and oxygen atoms in total. The highest BCUT2D eigenvalue weighted by atomic mass is 79.9. The van der Waals surface area contributed by atoms with Crippen LogP contribution in [0.4, 0.5) is 0 Å². The van der Waals surface area contributed by atoms with E-state index in [9.17, 15) is 4.79 Å². The number of rotatable bonds is 4. The number of halogens is 1. The van der Waals surface area contributed by atoms with Gasteiger partial charge in [0.25, 0.3) is 5.91 Å². The molecule has 0 radical (unpaired) electrons. The summed E-state index contributed by atoms with van der Waals surface area (Å²) in [7, 11) is 1.56. The minimum absolute atomic E-state index is 0.221. The lowest BCUT2D eigenvalue weighted by molar-refractivity contribution is 0.0955. The lowest BCUT2D eigenvalue weighted by Crippen LogP contribution is -2.17. The molecular formula is C16H13BrN2O4. The molecule has 1 aliphatic heterocycles. The first-order valence-electron chi connectivity index (χ1n) is 6.74. The van der Waals surface area contributed by atoms with Crippen molar-refractivity contribution in [1.29, 1.82) is 0 Å². The number of hydrazone groups is 1. The Labute approximate surface area is 141 Å². The molecule has 0 saturated heterocycles. The van der Waals surface area contributed by atoms with E-state index in [2.05, 4.69) is 26.5 Å². The van der Waals surface area contributed by atoms with Crippen molar-refractivity contribution in [2.24, 2.45) is 5.10 Å². The van der Waals surface area contributed by atoms with Crippen LogP contribution in [0.2, 0.25) is 0 Å². The van der Waals surface area contributed by atoms with Crippen molar-refractivity contribution in [3.8, 4) is 17.2 Å². The maximum absolute atomic E-state index is 12.0.